The number of rotatable bonds is 2. The molecule has 0 spiro atoms. The van der Waals surface area contributed by atoms with Gasteiger partial charge in [-0.05, 0) is 38.2 Å². The lowest BCUT2D eigenvalue weighted by Crippen LogP contribution is -2.36. The van der Waals surface area contributed by atoms with Gasteiger partial charge in [0.1, 0.15) is 11.3 Å². The Morgan fingerprint density at radius 3 is 2.55 bits per heavy atom. The van der Waals surface area contributed by atoms with E-state index in [-0.39, 0.29) is 23.4 Å². The number of carbonyl (C=O) groups excluding carboxylic acids is 1. The fourth-order valence-electron chi connectivity index (χ4n) is 2.34. The van der Waals surface area contributed by atoms with E-state index in [9.17, 15) is 25.0 Å². The number of nitro groups is 1. The van der Waals surface area contributed by atoms with Gasteiger partial charge in [-0.15, -0.1) is 0 Å². The molecule has 0 atom stereocenters. The average Bonchev–Trinajstić information content (AvgIpc) is 2.78. The zero-order valence-corrected chi connectivity index (χ0v) is 12.6. The molecule has 22 heavy (non-hydrogen) atoms. The Labute approximate surface area is 127 Å². The maximum Gasteiger partial charge on any atom is 0.488 e. The summed E-state index contributed by atoms with van der Waals surface area (Å²) in [4.78, 5) is 24.0. The molecular formula is C13H17BN2O6. The van der Waals surface area contributed by atoms with E-state index < -0.39 is 23.7 Å². The van der Waals surface area contributed by atoms with Gasteiger partial charge < -0.3 is 14.8 Å². The van der Waals surface area contributed by atoms with E-state index in [1.807, 2.05) is 0 Å². The van der Waals surface area contributed by atoms with Crippen LogP contribution in [0.15, 0.2) is 12.1 Å². The molecule has 0 aliphatic carbocycles. The highest BCUT2D eigenvalue weighted by Gasteiger charge is 2.36. The van der Waals surface area contributed by atoms with Crippen molar-refractivity contribution in [3.8, 4) is 0 Å². The van der Waals surface area contributed by atoms with Gasteiger partial charge in [0.25, 0.3) is 5.69 Å². The van der Waals surface area contributed by atoms with Crippen LogP contribution < -0.4 is 10.4 Å². The van der Waals surface area contributed by atoms with Crippen molar-refractivity contribution >= 4 is 30.0 Å². The van der Waals surface area contributed by atoms with Crippen LogP contribution in [0.1, 0.15) is 26.3 Å². The average molecular weight is 308 g/mol. The Hall–Kier alpha value is -2.13. The first-order valence-electron chi connectivity index (χ1n) is 6.78. The molecule has 0 radical (unpaired) electrons. The van der Waals surface area contributed by atoms with Gasteiger partial charge in [-0.25, -0.2) is 4.79 Å². The van der Waals surface area contributed by atoms with Gasteiger partial charge >= 0.3 is 13.2 Å². The van der Waals surface area contributed by atoms with Crippen LogP contribution in [0.2, 0.25) is 0 Å². The Morgan fingerprint density at radius 2 is 2.05 bits per heavy atom. The van der Waals surface area contributed by atoms with Gasteiger partial charge in [0.05, 0.1) is 4.92 Å². The van der Waals surface area contributed by atoms with Gasteiger partial charge in [0, 0.05) is 12.6 Å². The lowest BCUT2D eigenvalue weighted by atomic mass is 9.79. The van der Waals surface area contributed by atoms with Gasteiger partial charge in [-0.2, -0.15) is 0 Å². The second-order valence-electron chi connectivity index (χ2n) is 6.06. The normalized spacial score (nSPS) is 13.8. The van der Waals surface area contributed by atoms with E-state index >= 15 is 0 Å². The lowest BCUT2D eigenvalue weighted by molar-refractivity contribution is -0.384. The number of amides is 1. The molecule has 0 saturated carbocycles. The molecule has 1 aliphatic rings. The molecule has 0 aromatic heterocycles. The summed E-state index contributed by atoms with van der Waals surface area (Å²) < 4.78 is 5.26. The topological polar surface area (TPSA) is 113 Å². The minimum absolute atomic E-state index is 0.0245. The molecule has 1 amide bonds. The summed E-state index contributed by atoms with van der Waals surface area (Å²) in [5.41, 5.74) is -0.359. The molecular weight excluding hydrogens is 291 g/mol. The molecule has 0 bridgehead atoms. The number of hydrogen-bond acceptors (Lipinski definition) is 6. The highest BCUT2D eigenvalue weighted by Crippen LogP contribution is 2.37. The number of carbonyl (C=O) groups is 1. The van der Waals surface area contributed by atoms with E-state index in [0.717, 1.165) is 6.07 Å². The summed E-state index contributed by atoms with van der Waals surface area (Å²) in [6.07, 6.45) is -0.276. The third-order valence-electron chi connectivity index (χ3n) is 3.17. The van der Waals surface area contributed by atoms with Crippen molar-refractivity contribution in [3.05, 3.63) is 27.8 Å². The van der Waals surface area contributed by atoms with Crippen molar-refractivity contribution in [2.24, 2.45) is 0 Å². The number of benzene rings is 1. The number of anilines is 1. The van der Waals surface area contributed by atoms with E-state index in [2.05, 4.69) is 0 Å². The molecule has 1 aromatic carbocycles. The Kier molecular flexibility index (Phi) is 4.12. The van der Waals surface area contributed by atoms with Crippen LogP contribution in [-0.2, 0) is 11.2 Å². The van der Waals surface area contributed by atoms with E-state index in [4.69, 9.17) is 4.74 Å². The molecule has 2 rings (SSSR count). The molecule has 1 aromatic rings. The maximum atomic E-state index is 12.2. The van der Waals surface area contributed by atoms with Crippen molar-refractivity contribution in [2.75, 3.05) is 11.4 Å². The molecule has 2 N–H and O–H groups in total. The van der Waals surface area contributed by atoms with Crippen molar-refractivity contribution in [1.29, 1.82) is 0 Å². The summed E-state index contributed by atoms with van der Waals surface area (Å²) in [7, 11) is -1.81. The van der Waals surface area contributed by atoms with Gasteiger partial charge in [-0.3, -0.25) is 15.0 Å². The predicted molar refractivity (Wildman–Crippen MR) is 80.2 cm³/mol. The smallest absolute Gasteiger partial charge is 0.443 e. The minimum atomic E-state index is -1.81. The zero-order chi connectivity index (χ0) is 16.7. The van der Waals surface area contributed by atoms with E-state index in [0.29, 0.717) is 12.0 Å². The molecule has 1 aliphatic heterocycles. The second-order valence-corrected chi connectivity index (χ2v) is 6.06. The Bertz CT molecular complexity index is 626. The van der Waals surface area contributed by atoms with Crippen LogP contribution in [-0.4, -0.2) is 40.3 Å². The Balaban J connectivity index is 2.46. The third-order valence-corrected chi connectivity index (χ3v) is 3.17. The molecule has 0 unspecified atom stereocenters. The summed E-state index contributed by atoms with van der Waals surface area (Å²) in [5.74, 6) is 0. The van der Waals surface area contributed by atoms with Gasteiger partial charge in [0.15, 0.2) is 0 Å². The van der Waals surface area contributed by atoms with E-state index in [1.165, 1.54) is 11.0 Å². The number of ether oxygens (including phenoxy) is 1. The molecule has 8 nitrogen and oxygen atoms in total. The maximum absolute atomic E-state index is 12.2. The SMILES string of the molecule is CC(C)(C)OC(=O)N1CCc2cc(B(O)O)cc([N+](=O)[O-])c21. The minimum Gasteiger partial charge on any atom is -0.443 e. The predicted octanol–water partition coefficient (Wildman–Crippen LogP) is 0.572. The van der Waals surface area contributed by atoms with Gasteiger partial charge in [-0.1, -0.05) is 6.07 Å². The first-order chi connectivity index (χ1) is 10.1. The van der Waals surface area contributed by atoms with Crippen molar-refractivity contribution in [3.63, 3.8) is 0 Å². The summed E-state index contributed by atoms with van der Waals surface area (Å²) in [6.45, 7) is 5.38. The summed E-state index contributed by atoms with van der Waals surface area (Å²) >= 11 is 0. The number of fused-ring (bicyclic) bond motifs is 1. The molecule has 118 valence electrons. The van der Waals surface area contributed by atoms with Crippen molar-refractivity contribution in [1.82, 2.24) is 0 Å². The van der Waals surface area contributed by atoms with Crippen LogP contribution >= 0.6 is 0 Å². The Morgan fingerprint density at radius 1 is 1.41 bits per heavy atom. The fourth-order valence-corrected chi connectivity index (χ4v) is 2.34. The summed E-state index contributed by atoms with van der Waals surface area (Å²) in [6, 6.07) is 2.52. The molecule has 0 fully saturated rings. The lowest BCUT2D eigenvalue weighted by Gasteiger charge is -2.24. The number of nitrogens with zero attached hydrogens (tertiary/aromatic N) is 2. The standard InChI is InChI=1S/C13H17BN2O6/c1-13(2,3)22-12(17)15-5-4-8-6-9(14(18)19)7-10(11(8)15)16(20)21/h6-7,18-19H,4-5H2,1-3H3. The molecule has 9 heteroatoms. The number of hydrogen-bond donors (Lipinski definition) is 2. The number of nitro benzene ring substituents is 1. The summed E-state index contributed by atoms with van der Waals surface area (Å²) in [5, 5.41) is 29.7. The highest BCUT2D eigenvalue weighted by molar-refractivity contribution is 6.58. The van der Waals surface area contributed by atoms with Crippen LogP contribution in [0.3, 0.4) is 0 Å². The van der Waals surface area contributed by atoms with Crippen LogP contribution in [0.25, 0.3) is 0 Å². The fraction of sp³-hybridized carbons (Fsp3) is 0.462. The molecule has 0 saturated heterocycles. The van der Waals surface area contributed by atoms with Crippen LogP contribution in [0.5, 0.6) is 0 Å². The highest BCUT2D eigenvalue weighted by atomic mass is 16.6. The van der Waals surface area contributed by atoms with Gasteiger partial charge in [0.2, 0.25) is 0 Å². The monoisotopic (exact) mass is 308 g/mol. The third kappa shape index (κ3) is 3.20. The first-order valence-corrected chi connectivity index (χ1v) is 6.78. The first kappa shape index (κ1) is 16.2. The zero-order valence-electron chi connectivity index (χ0n) is 12.6. The van der Waals surface area contributed by atoms with Crippen molar-refractivity contribution in [2.45, 2.75) is 32.8 Å². The quantitative estimate of drug-likeness (QED) is 0.469. The van der Waals surface area contributed by atoms with Crippen LogP contribution in [0, 0.1) is 10.1 Å². The molecule has 1 heterocycles. The second kappa shape index (κ2) is 5.58. The largest absolute Gasteiger partial charge is 0.488 e. The van der Waals surface area contributed by atoms with E-state index in [1.54, 1.807) is 20.8 Å². The van der Waals surface area contributed by atoms with Crippen LogP contribution in [0.4, 0.5) is 16.2 Å². The van der Waals surface area contributed by atoms with Crippen molar-refractivity contribution < 1.29 is 24.5 Å².